The fourth-order valence-electron chi connectivity index (χ4n) is 5.66. The highest BCUT2D eigenvalue weighted by molar-refractivity contribution is 6.01. The summed E-state index contributed by atoms with van der Waals surface area (Å²) in [6.07, 6.45) is -0.158. The van der Waals surface area contributed by atoms with Crippen molar-refractivity contribution in [2.75, 3.05) is 13.2 Å². The lowest BCUT2D eigenvalue weighted by Gasteiger charge is -2.49. The number of nitro groups is 3. The van der Waals surface area contributed by atoms with Crippen molar-refractivity contribution < 1.29 is 29.1 Å². The van der Waals surface area contributed by atoms with Crippen LogP contribution < -0.4 is 5.32 Å². The van der Waals surface area contributed by atoms with Gasteiger partial charge in [-0.05, 0) is 40.3 Å². The molecule has 0 fully saturated rings. The van der Waals surface area contributed by atoms with Crippen LogP contribution in [-0.2, 0) is 19.7 Å². The van der Waals surface area contributed by atoms with Gasteiger partial charge in [-0.15, -0.1) is 0 Å². The van der Waals surface area contributed by atoms with Crippen molar-refractivity contribution in [1.29, 1.82) is 0 Å². The van der Waals surface area contributed by atoms with Crippen molar-refractivity contribution in [1.82, 2.24) is 5.32 Å². The highest BCUT2D eigenvalue weighted by atomic mass is 16.6. The first-order chi connectivity index (χ1) is 18.6. The van der Waals surface area contributed by atoms with Crippen molar-refractivity contribution in [2.45, 2.75) is 24.7 Å². The first-order valence-electron chi connectivity index (χ1n) is 11.9. The van der Waals surface area contributed by atoms with Crippen LogP contribution in [0.3, 0.4) is 0 Å². The largest absolute Gasteiger partial charge is 0.466 e. The number of rotatable bonds is 8. The molecule has 3 aliphatic carbocycles. The zero-order chi connectivity index (χ0) is 28.1. The summed E-state index contributed by atoms with van der Waals surface area (Å²) < 4.78 is 4.91. The standard InChI is InChI=1S/C26H20N4O9/c1-2-39-23(31)9-10-27-25(32)26-20-8-5-14(28(33)34)11-19(20)24(17-6-3-15(29(35)36)12-21(17)26)18-7-4-16(30(37)38)13-22(18)26/h3-8,11-13,24H,2,9-10H2,1H3,(H,27,32). The molecule has 3 aromatic carbocycles. The van der Waals surface area contributed by atoms with E-state index in [1.54, 1.807) is 6.92 Å². The SMILES string of the molecule is CCOC(=O)CCNC(=O)C12c3ccc([N+](=O)[O-])cc3C(c3ccc([N+](=O)[O-])cc31)c1ccc([N+](=O)[O-])cc12. The van der Waals surface area contributed by atoms with Gasteiger partial charge in [0.15, 0.2) is 0 Å². The summed E-state index contributed by atoms with van der Waals surface area (Å²) in [4.78, 5) is 59.4. The maximum Gasteiger partial charge on any atom is 0.307 e. The van der Waals surface area contributed by atoms with E-state index in [9.17, 15) is 39.9 Å². The number of esters is 1. The summed E-state index contributed by atoms with van der Waals surface area (Å²) in [6.45, 7) is 1.65. The second-order valence-electron chi connectivity index (χ2n) is 9.08. The number of ether oxygens (including phenoxy) is 1. The molecule has 13 nitrogen and oxygen atoms in total. The highest BCUT2D eigenvalue weighted by Gasteiger charge is 2.57. The third kappa shape index (κ3) is 3.77. The van der Waals surface area contributed by atoms with Gasteiger partial charge in [-0.3, -0.25) is 39.9 Å². The number of non-ortho nitro benzene ring substituents is 3. The molecule has 0 unspecified atom stereocenters. The Morgan fingerprint density at radius 2 is 1.31 bits per heavy atom. The van der Waals surface area contributed by atoms with Gasteiger partial charge in [0, 0.05) is 48.9 Å². The molecule has 1 N–H and O–H groups in total. The number of hydrogen-bond acceptors (Lipinski definition) is 9. The molecule has 6 rings (SSSR count). The predicted octanol–water partition coefficient (Wildman–Crippen LogP) is 3.62. The van der Waals surface area contributed by atoms with Crippen LogP contribution in [0.25, 0.3) is 0 Å². The first kappa shape index (κ1) is 25.4. The molecule has 0 saturated heterocycles. The van der Waals surface area contributed by atoms with Gasteiger partial charge in [-0.2, -0.15) is 0 Å². The van der Waals surface area contributed by atoms with Crippen molar-refractivity contribution in [3.8, 4) is 0 Å². The van der Waals surface area contributed by atoms with E-state index in [1.165, 1.54) is 54.6 Å². The van der Waals surface area contributed by atoms with E-state index in [1.807, 2.05) is 0 Å². The molecule has 3 aliphatic rings. The van der Waals surface area contributed by atoms with E-state index in [-0.39, 0.29) is 47.8 Å². The van der Waals surface area contributed by atoms with Crippen molar-refractivity contribution in [3.63, 3.8) is 0 Å². The van der Waals surface area contributed by atoms with Crippen LogP contribution in [-0.4, -0.2) is 39.8 Å². The average Bonchev–Trinajstić information content (AvgIpc) is 2.91. The number of carbonyl (C=O) groups excluding carboxylic acids is 2. The zero-order valence-corrected chi connectivity index (χ0v) is 20.4. The fourth-order valence-corrected chi connectivity index (χ4v) is 5.66. The van der Waals surface area contributed by atoms with E-state index in [4.69, 9.17) is 4.74 Å². The molecule has 2 bridgehead atoms. The summed E-state index contributed by atoms with van der Waals surface area (Å²) in [5.74, 6) is -1.91. The number of benzene rings is 3. The van der Waals surface area contributed by atoms with Gasteiger partial charge >= 0.3 is 5.97 Å². The minimum atomic E-state index is -1.82. The lowest BCUT2D eigenvalue weighted by molar-refractivity contribution is -0.385. The molecule has 198 valence electrons. The number of nitro benzene ring substituents is 3. The summed E-state index contributed by atoms with van der Waals surface area (Å²) >= 11 is 0. The van der Waals surface area contributed by atoms with E-state index in [0.29, 0.717) is 22.3 Å². The number of nitrogens with zero attached hydrogens (tertiary/aromatic N) is 3. The molecule has 0 aromatic heterocycles. The van der Waals surface area contributed by atoms with Gasteiger partial charge in [0.05, 0.1) is 27.8 Å². The monoisotopic (exact) mass is 532 g/mol. The summed E-state index contributed by atoms with van der Waals surface area (Å²) in [6, 6.07) is 12.1. The Kier molecular flexibility index (Phi) is 6.05. The molecule has 0 saturated carbocycles. The summed E-state index contributed by atoms with van der Waals surface area (Å²) in [7, 11) is 0. The fraction of sp³-hybridized carbons (Fsp3) is 0.231. The Morgan fingerprint density at radius 1 is 0.795 bits per heavy atom. The molecule has 1 amide bonds. The van der Waals surface area contributed by atoms with Crippen LogP contribution in [0.1, 0.15) is 52.6 Å². The van der Waals surface area contributed by atoms with Crippen LogP contribution in [0.5, 0.6) is 0 Å². The van der Waals surface area contributed by atoms with Gasteiger partial charge in [-0.1, -0.05) is 18.2 Å². The van der Waals surface area contributed by atoms with Gasteiger partial charge in [0.1, 0.15) is 5.41 Å². The molecule has 0 radical (unpaired) electrons. The lowest BCUT2D eigenvalue weighted by atomic mass is 9.52. The van der Waals surface area contributed by atoms with Crippen molar-refractivity contribution in [3.05, 3.63) is 118 Å². The van der Waals surface area contributed by atoms with Gasteiger partial charge in [-0.25, -0.2) is 0 Å². The normalized spacial score (nSPS) is 17.8. The van der Waals surface area contributed by atoms with Gasteiger partial charge < -0.3 is 10.1 Å². The Hall–Kier alpha value is -5.20. The molecule has 3 aromatic rings. The molecule has 0 aliphatic heterocycles. The summed E-state index contributed by atoms with van der Waals surface area (Å²) in [5, 5.41) is 37.8. The molecule has 0 spiro atoms. The van der Waals surface area contributed by atoms with Crippen molar-refractivity contribution >= 4 is 28.9 Å². The number of amides is 1. The van der Waals surface area contributed by atoms with Crippen LogP contribution in [0, 0.1) is 30.3 Å². The Balaban J connectivity index is 1.80. The van der Waals surface area contributed by atoms with E-state index in [2.05, 4.69) is 5.32 Å². The molecule has 0 heterocycles. The van der Waals surface area contributed by atoms with Gasteiger partial charge in [0.25, 0.3) is 17.1 Å². The smallest absolute Gasteiger partial charge is 0.307 e. The lowest BCUT2D eigenvalue weighted by Crippen LogP contribution is -2.53. The molecule has 13 heteroatoms. The molecular weight excluding hydrogens is 512 g/mol. The van der Waals surface area contributed by atoms with Gasteiger partial charge in [0.2, 0.25) is 5.91 Å². The zero-order valence-electron chi connectivity index (χ0n) is 20.4. The highest BCUT2D eigenvalue weighted by Crippen LogP contribution is 2.60. The van der Waals surface area contributed by atoms with Crippen LogP contribution in [0.2, 0.25) is 0 Å². The minimum Gasteiger partial charge on any atom is -0.466 e. The van der Waals surface area contributed by atoms with E-state index >= 15 is 0 Å². The maximum atomic E-state index is 14.2. The molecule has 39 heavy (non-hydrogen) atoms. The summed E-state index contributed by atoms with van der Waals surface area (Å²) in [5.41, 5.74) is -0.381. The Labute approximate surface area is 219 Å². The van der Waals surface area contributed by atoms with Crippen molar-refractivity contribution in [2.24, 2.45) is 0 Å². The van der Waals surface area contributed by atoms with E-state index in [0.717, 1.165) is 0 Å². The third-order valence-electron chi connectivity index (χ3n) is 7.15. The first-order valence-corrected chi connectivity index (χ1v) is 11.9. The van der Waals surface area contributed by atoms with E-state index < -0.39 is 38.0 Å². The molecule has 0 atom stereocenters. The average molecular weight is 532 g/mol. The second-order valence-corrected chi connectivity index (χ2v) is 9.08. The topological polar surface area (TPSA) is 185 Å². The number of nitrogens with one attached hydrogen (secondary N) is 1. The predicted molar refractivity (Wildman–Crippen MR) is 134 cm³/mol. The Morgan fingerprint density at radius 3 is 1.82 bits per heavy atom. The Bertz CT molecular complexity index is 1530. The minimum absolute atomic E-state index is 0.139. The maximum absolute atomic E-state index is 14.2. The van der Waals surface area contributed by atoms with Crippen LogP contribution in [0.15, 0.2) is 54.6 Å². The third-order valence-corrected chi connectivity index (χ3v) is 7.15. The number of hydrogen-bond donors (Lipinski definition) is 1. The molecular formula is C26H20N4O9. The van der Waals surface area contributed by atoms with Crippen LogP contribution >= 0.6 is 0 Å². The second kappa shape index (κ2) is 9.28. The quantitative estimate of drug-likeness (QED) is 0.257. The number of carbonyl (C=O) groups is 2. The van der Waals surface area contributed by atoms with Crippen LogP contribution in [0.4, 0.5) is 17.1 Å².